The summed E-state index contributed by atoms with van der Waals surface area (Å²) in [5.74, 6) is 3.39. The number of benzene rings is 3. The number of phenolic OH excluding ortho intramolecular Hbond substituents is 1. The second-order valence-corrected chi connectivity index (χ2v) is 20.8. The van der Waals surface area contributed by atoms with Gasteiger partial charge in [-0.05, 0) is 139 Å². The van der Waals surface area contributed by atoms with Crippen LogP contribution in [-0.2, 0) is 9.47 Å². The van der Waals surface area contributed by atoms with Gasteiger partial charge < -0.3 is 40.4 Å². The van der Waals surface area contributed by atoms with E-state index in [1.54, 1.807) is 42.5 Å². The van der Waals surface area contributed by atoms with Crippen molar-refractivity contribution in [2.75, 3.05) is 38.2 Å². The molecule has 5 N–H and O–H groups in total. The first kappa shape index (κ1) is 60.4. The van der Waals surface area contributed by atoms with Crippen molar-refractivity contribution in [3.8, 4) is 17.2 Å². The lowest BCUT2D eigenvalue weighted by Gasteiger charge is -2.19. The highest BCUT2D eigenvalue weighted by Gasteiger charge is 2.43. The van der Waals surface area contributed by atoms with Crippen molar-refractivity contribution < 1.29 is 33.6 Å². The number of nitrogens with two attached hydrogens (primary N) is 1. The van der Waals surface area contributed by atoms with Crippen molar-refractivity contribution in [3.63, 3.8) is 0 Å². The van der Waals surface area contributed by atoms with E-state index in [2.05, 4.69) is 46.3 Å². The van der Waals surface area contributed by atoms with Gasteiger partial charge in [0.25, 0.3) is 0 Å². The number of allylic oxidation sites excluding steroid dienone is 1. The SMILES string of the molecule is C=CCBr.C=CCOc1ccc(Cl)c(Cl)c1C1CC1CN.C=CCOc1ccc(Cl)c(Cl)c1C1CC1CNC(=O)OC(C)(C)C.CC(C)(C)OC(=O)NCC1CC1c1c(O)ccc(Cl)c1Cl.Cl. The molecule has 6 atom stereocenters. The summed E-state index contributed by atoms with van der Waals surface area (Å²) in [5.41, 5.74) is 7.22. The maximum absolute atomic E-state index is 11.7. The fourth-order valence-electron chi connectivity index (χ4n) is 6.82. The van der Waals surface area contributed by atoms with Crippen LogP contribution < -0.4 is 25.8 Å². The van der Waals surface area contributed by atoms with Gasteiger partial charge in [0.15, 0.2) is 0 Å². The van der Waals surface area contributed by atoms with Crippen LogP contribution in [0.2, 0.25) is 30.1 Å². The molecule has 3 aromatic rings. The van der Waals surface area contributed by atoms with Crippen molar-refractivity contribution in [3.05, 3.63) is 121 Å². The molecule has 3 aliphatic rings. The molecular weight excluding hydrogens is 1070 g/mol. The van der Waals surface area contributed by atoms with Gasteiger partial charge in [0.1, 0.15) is 41.7 Å². The van der Waals surface area contributed by atoms with Crippen molar-refractivity contribution >= 4 is 110 Å². The molecule has 372 valence electrons. The second-order valence-electron chi connectivity index (χ2n) is 17.8. The molecule has 3 aromatic carbocycles. The van der Waals surface area contributed by atoms with Gasteiger partial charge in [-0.1, -0.05) is 117 Å². The number of ether oxygens (including phenoxy) is 4. The van der Waals surface area contributed by atoms with Crippen molar-refractivity contribution in [2.45, 2.75) is 89.8 Å². The van der Waals surface area contributed by atoms with E-state index in [9.17, 15) is 14.7 Å². The lowest BCUT2D eigenvalue weighted by molar-refractivity contribution is 0.0513. The number of carbonyl (C=O) groups is 2. The molecular formula is C49H63BrCl7N3O7. The molecule has 0 aromatic heterocycles. The highest BCUT2D eigenvalue weighted by atomic mass is 79.9. The number of carbonyl (C=O) groups excluding carboxylic acids is 2. The summed E-state index contributed by atoms with van der Waals surface area (Å²) in [6, 6.07) is 10.3. The number of rotatable bonds is 15. The van der Waals surface area contributed by atoms with Gasteiger partial charge in [0.05, 0.1) is 30.1 Å². The van der Waals surface area contributed by atoms with Gasteiger partial charge in [0.2, 0.25) is 0 Å². The van der Waals surface area contributed by atoms with Crippen LogP contribution in [0.3, 0.4) is 0 Å². The molecule has 0 spiro atoms. The average Bonchev–Trinajstić information content (AvgIpc) is 4.16. The number of alkyl halides is 1. The number of hydrogen-bond donors (Lipinski definition) is 4. The number of phenols is 1. The molecule has 6 unspecified atom stereocenters. The van der Waals surface area contributed by atoms with Crippen LogP contribution in [0, 0.1) is 17.8 Å². The molecule has 0 aliphatic heterocycles. The third-order valence-electron chi connectivity index (χ3n) is 10.1. The first-order valence-corrected chi connectivity index (χ1v) is 24.8. The summed E-state index contributed by atoms with van der Waals surface area (Å²) in [7, 11) is 0. The third-order valence-corrected chi connectivity index (χ3v) is 13.0. The van der Waals surface area contributed by atoms with Gasteiger partial charge >= 0.3 is 12.2 Å². The van der Waals surface area contributed by atoms with E-state index in [1.165, 1.54) is 0 Å². The standard InChI is InChI=1S/C18H23Cl2NO3.C15H19Cl2NO3.C13H15Cl2NO.C3H5Br.ClH/c1-5-8-23-14-7-6-13(19)16(20)15(14)12-9-11(12)10-21-17(22)24-18(2,3)4;1-15(2,3)21-14(20)18-7-8-6-9(8)12-11(19)5-4-10(16)13(12)17;1-2-5-17-11-4-3-10(14)13(15)12(11)9-6-8(9)7-16;1-2-3-4;/h5-7,11-12H,1,8-10H2,2-4H3,(H,21,22);4-5,8-9,19H,6-7H2,1-3H3,(H,18,20);2-4,8-9H,1,5-7,16H2;2H,1,3H2;1H. The predicted molar refractivity (Wildman–Crippen MR) is 284 cm³/mol. The number of aromatic hydroxyl groups is 1. The van der Waals surface area contributed by atoms with E-state index in [4.69, 9.17) is 94.3 Å². The zero-order valence-corrected chi connectivity index (χ0v) is 45.6. The Morgan fingerprint density at radius 1 is 0.657 bits per heavy atom. The van der Waals surface area contributed by atoms with Crippen molar-refractivity contribution in [2.24, 2.45) is 23.5 Å². The Hall–Kier alpha value is -2.71. The van der Waals surface area contributed by atoms with E-state index >= 15 is 0 Å². The molecule has 10 nitrogen and oxygen atoms in total. The van der Waals surface area contributed by atoms with E-state index in [0.717, 1.165) is 41.5 Å². The highest BCUT2D eigenvalue weighted by Crippen LogP contribution is 2.55. The maximum Gasteiger partial charge on any atom is 0.407 e. The minimum Gasteiger partial charge on any atom is -0.508 e. The van der Waals surface area contributed by atoms with E-state index < -0.39 is 23.4 Å². The van der Waals surface area contributed by atoms with Crippen molar-refractivity contribution in [1.29, 1.82) is 0 Å². The Labute approximate surface area is 441 Å². The molecule has 0 radical (unpaired) electrons. The molecule has 67 heavy (non-hydrogen) atoms. The van der Waals surface area contributed by atoms with Crippen LogP contribution in [0.4, 0.5) is 9.59 Å². The summed E-state index contributed by atoms with van der Waals surface area (Å²) >= 11 is 40.1. The first-order valence-electron chi connectivity index (χ1n) is 21.4. The molecule has 2 amide bonds. The second kappa shape index (κ2) is 28.2. The quantitative estimate of drug-likeness (QED) is 0.0871. The molecule has 3 aliphatic carbocycles. The Morgan fingerprint density at radius 3 is 1.34 bits per heavy atom. The topological polar surface area (TPSA) is 141 Å². The minimum absolute atomic E-state index is 0. The summed E-state index contributed by atoms with van der Waals surface area (Å²) in [5, 5.41) is 19.3. The van der Waals surface area contributed by atoms with E-state index in [1.807, 2.05) is 53.7 Å². The van der Waals surface area contributed by atoms with Crippen LogP contribution in [0.25, 0.3) is 0 Å². The van der Waals surface area contributed by atoms with Crippen LogP contribution in [0.1, 0.15) is 95.2 Å². The van der Waals surface area contributed by atoms with Crippen molar-refractivity contribution in [1.82, 2.24) is 10.6 Å². The fourth-order valence-corrected chi connectivity index (χ4v) is 8.21. The highest BCUT2D eigenvalue weighted by molar-refractivity contribution is 9.09. The molecule has 3 saturated carbocycles. The molecule has 6 rings (SSSR count). The van der Waals surface area contributed by atoms with Gasteiger partial charge in [-0.25, -0.2) is 9.59 Å². The Kier molecular flexibility index (Phi) is 25.4. The molecule has 3 fully saturated rings. The van der Waals surface area contributed by atoms with E-state index in [0.29, 0.717) is 92.1 Å². The number of halogens is 8. The van der Waals surface area contributed by atoms with Crippen LogP contribution >= 0.6 is 97.9 Å². The Morgan fingerprint density at radius 2 is 1.00 bits per heavy atom. The predicted octanol–water partition coefficient (Wildman–Crippen LogP) is 15.1. The number of hydrogen-bond acceptors (Lipinski definition) is 8. The fraction of sp³-hybridized carbons (Fsp3) is 0.469. The normalized spacial score (nSPS) is 19.6. The third kappa shape index (κ3) is 19.9. The zero-order valence-electron chi connectivity index (χ0n) is 38.7. The number of nitrogens with one attached hydrogen (secondary N) is 2. The lowest BCUT2D eigenvalue weighted by Crippen LogP contribution is -2.33. The number of alkyl carbamates (subject to hydrolysis) is 2. The van der Waals surface area contributed by atoms with Crippen LogP contribution in [-0.4, -0.2) is 66.7 Å². The lowest BCUT2D eigenvalue weighted by atomic mass is 10.1. The number of amides is 2. The first-order chi connectivity index (χ1) is 31.0. The summed E-state index contributed by atoms with van der Waals surface area (Å²) in [6.45, 7) is 24.2. The summed E-state index contributed by atoms with van der Waals surface area (Å²) in [4.78, 5) is 23.3. The maximum atomic E-state index is 11.7. The summed E-state index contributed by atoms with van der Waals surface area (Å²) in [6.07, 6.45) is 7.16. The van der Waals surface area contributed by atoms with Gasteiger partial charge in [0, 0.05) is 35.1 Å². The minimum atomic E-state index is -0.512. The zero-order chi connectivity index (χ0) is 49.5. The largest absolute Gasteiger partial charge is 0.508 e. The molecule has 0 bridgehead atoms. The van der Waals surface area contributed by atoms with Gasteiger partial charge in [-0.3, -0.25) is 0 Å². The molecule has 0 saturated heterocycles. The smallest absolute Gasteiger partial charge is 0.407 e. The van der Waals surface area contributed by atoms with Gasteiger partial charge in [-0.15, -0.1) is 19.0 Å². The Balaban J connectivity index is 0.000000333. The van der Waals surface area contributed by atoms with Crippen LogP contribution in [0.5, 0.6) is 17.2 Å². The van der Waals surface area contributed by atoms with E-state index in [-0.39, 0.29) is 35.9 Å². The molecule has 18 heteroatoms. The molecule has 0 heterocycles. The van der Waals surface area contributed by atoms with Gasteiger partial charge in [-0.2, -0.15) is 0 Å². The average molecular weight is 1130 g/mol. The summed E-state index contributed by atoms with van der Waals surface area (Å²) < 4.78 is 21.7. The van der Waals surface area contributed by atoms with Crippen LogP contribution in [0.15, 0.2) is 74.4 Å². The Bertz CT molecular complexity index is 2150. The monoisotopic (exact) mass is 1130 g/mol.